The summed E-state index contributed by atoms with van der Waals surface area (Å²) in [5.41, 5.74) is 8.02. The molecule has 8 aromatic rings. The van der Waals surface area contributed by atoms with Crippen LogP contribution in [0.2, 0.25) is 0 Å². The van der Waals surface area contributed by atoms with E-state index in [1.807, 2.05) is 30.2 Å². The lowest BCUT2D eigenvalue weighted by atomic mass is 10.1. The van der Waals surface area contributed by atoms with E-state index in [0.717, 1.165) is 54.3 Å². The molecule has 4 aliphatic heterocycles. The number of hydrogen-bond acceptors (Lipinski definition) is 11. The topological polar surface area (TPSA) is 210 Å². The molecule has 21 nitrogen and oxygen atoms in total. The quantitative estimate of drug-likeness (QED) is 0.0789. The van der Waals surface area contributed by atoms with E-state index in [0.29, 0.717) is 66.5 Å². The van der Waals surface area contributed by atoms with Crippen LogP contribution in [0.25, 0.3) is 60.1 Å². The number of ether oxygens (including phenoxy) is 1. The maximum atomic E-state index is 13.2. The molecule has 4 saturated heterocycles. The molecule has 3 amide bonds. The van der Waals surface area contributed by atoms with Crippen LogP contribution < -0.4 is 11.1 Å². The molecule has 0 radical (unpaired) electrons. The van der Waals surface area contributed by atoms with Gasteiger partial charge >= 0.3 is 24.6 Å². The highest BCUT2D eigenvalue weighted by atomic mass is 35.5. The summed E-state index contributed by atoms with van der Waals surface area (Å²) >= 11 is 4.64. The minimum absolute atomic E-state index is 0. The SMILES string of the molecule is CC(=O)Cl.CC(=O)N1CC(n2cc(C(F)(F)F)nc2-c2ccc(CN)cc2)C1.Cl.Cl.[C-]#[N+]c1ccc(-c2nc(C(F)(F)F)cn2C2CN(C(=O)OC(C)(C)C)C2)cc1.[C-]#[N+]c1ccc(-c2nc(C(F)(F)F)cn2C2CNC2)cc1.[C-]#[N+]c1ccc(-c2nc(C)cn2C2CN(C(C)=O)C2)cc1. The first-order valence-electron chi connectivity index (χ1n) is 30.2. The Morgan fingerprint density at radius 1 is 0.500 bits per heavy atom. The molecule has 4 fully saturated rings. The number of imidazole rings is 4. The fourth-order valence-electron chi connectivity index (χ4n) is 10.3. The van der Waals surface area contributed by atoms with E-state index in [-0.39, 0.29) is 96.6 Å². The molecule has 4 aromatic heterocycles. The van der Waals surface area contributed by atoms with Gasteiger partial charge in [-0.05, 0) is 44.9 Å². The highest BCUT2D eigenvalue weighted by molar-refractivity contribution is 6.62. The second kappa shape index (κ2) is 32.9. The lowest BCUT2D eigenvalue weighted by molar-refractivity contribution is -0.141. The molecule has 3 N–H and O–H groups in total. The largest absolute Gasteiger partial charge is 0.444 e. The van der Waals surface area contributed by atoms with Crippen molar-refractivity contribution in [2.24, 2.45) is 5.73 Å². The summed E-state index contributed by atoms with van der Waals surface area (Å²) in [5, 5.41) is 2.67. The molecule has 4 aliphatic rings. The summed E-state index contributed by atoms with van der Waals surface area (Å²) in [4.78, 5) is 74.6. The highest BCUT2D eigenvalue weighted by Gasteiger charge is 2.42. The number of benzene rings is 4. The second-order valence-corrected chi connectivity index (χ2v) is 24.6. The van der Waals surface area contributed by atoms with Gasteiger partial charge < -0.3 is 48.8 Å². The number of hydrogen-bond donors (Lipinski definition) is 2. The lowest BCUT2D eigenvalue weighted by Crippen LogP contribution is -2.52. The number of likely N-dealkylation sites (tertiary alicyclic amines) is 3. The van der Waals surface area contributed by atoms with Crippen LogP contribution in [0.5, 0.6) is 0 Å². The zero-order valence-electron chi connectivity index (χ0n) is 54.7. The van der Waals surface area contributed by atoms with E-state index >= 15 is 0 Å². The molecule has 33 heteroatoms. The third-order valence-corrected chi connectivity index (χ3v) is 15.6. The maximum absolute atomic E-state index is 13.2. The van der Waals surface area contributed by atoms with Crippen LogP contribution in [0.3, 0.4) is 0 Å². The zero-order valence-corrected chi connectivity index (χ0v) is 57.1. The summed E-state index contributed by atoms with van der Waals surface area (Å²) < 4.78 is 129. The van der Waals surface area contributed by atoms with Gasteiger partial charge in [-0.2, -0.15) is 39.5 Å². The van der Waals surface area contributed by atoms with Crippen molar-refractivity contribution in [3.05, 3.63) is 184 Å². The van der Waals surface area contributed by atoms with Gasteiger partial charge in [0, 0.05) is 127 Å². The molecule has 12 rings (SSSR count). The van der Waals surface area contributed by atoms with Gasteiger partial charge in [0.1, 0.15) is 28.9 Å². The fourth-order valence-corrected chi connectivity index (χ4v) is 10.3. The monoisotopic (exact) mass is 1450 g/mol. The number of rotatable bonds is 9. The van der Waals surface area contributed by atoms with E-state index in [1.54, 1.807) is 110 Å². The first-order valence-corrected chi connectivity index (χ1v) is 30.6. The van der Waals surface area contributed by atoms with Gasteiger partial charge in [-0.3, -0.25) is 14.4 Å². The fraction of sp³-hybridized carbons (Fsp3) is 0.358. The Balaban J connectivity index is 0.000000206. The third-order valence-electron chi connectivity index (χ3n) is 15.6. The van der Waals surface area contributed by atoms with Crippen LogP contribution in [0, 0.1) is 26.6 Å². The predicted octanol–water partition coefficient (Wildman–Crippen LogP) is 15.0. The molecule has 0 aliphatic carbocycles. The summed E-state index contributed by atoms with van der Waals surface area (Å²) in [6, 6.07) is 26.7. The van der Waals surface area contributed by atoms with E-state index < -0.39 is 47.3 Å². The zero-order chi connectivity index (χ0) is 71.8. The summed E-state index contributed by atoms with van der Waals surface area (Å²) in [7, 11) is 0. The Kier molecular flexibility index (Phi) is 26.1. The molecule has 100 heavy (non-hydrogen) atoms. The molecule has 530 valence electrons. The number of alkyl halides is 9. The van der Waals surface area contributed by atoms with E-state index in [4.69, 9.17) is 30.2 Å². The third kappa shape index (κ3) is 20.0. The van der Waals surface area contributed by atoms with Crippen LogP contribution in [0.4, 0.5) is 61.4 Å². The van der Waals surface area contributed by atoms with Crippen molar-refractivity contribution < 1.29 is 63.4 Å². The normalized spacial score (nSPS) is 14.5. The number of aromatic nitrogens is 8. The average molecular weight is 1450 g/mol. The van der Waals surface area contributed by atoms with Gasteiger partial charge in [-0.1, -0.05) is 97.1 Å². The molecular weight excluding hydrogens is 1390 g/mol. The van der Waals surface area contributed by atoms with Gasteiger partial charge in [0.2, 0.25) is 17.1 Å². The van der Waals surface area contributed by atoms with Crippen LogP contribution in [0.15, 0.2) is 122 Å². The number of carbonyl (C=O) groups excluding carboxylic acids is 4. The minimum Gasteiger partial charge on any atom is -0.444 e. The molecule has 0 atom stereocenters. The van der Waals surface area contributed by atoms with Gasteiger partial charge in [0.05, 0.1) is 49.6 Å². The van der Waals surface area contributed by atoms with Crippen molar-refractivity contribution in [3.63, 3.8) is 0 Å². The second-order valence-electron chi connectivity index (χ2n) is 24.0. The minimum atomic E-state index is -4.58. The summed E-state index contributed by atoms with van der Waals surface area (Å²) in [6.45, 7) is 36.7. The summed E-state index contributed by atoms with van der Waals surface area (Å²) in [6.07, 6.45) is -8.98. The van der Waals surface area contributed by atoms with Crippen molar-refractivity contribution in [2.45, 2.75) is 103 Å². The number of halogens is 12. The molecule has 0 unspecified atom stereocenters. The molecule has 0 bridgehead atoms. The lowest BCUT2D eigenvalue weighted by Gasteiger charge is -2.40. The van der Waals surface area contributed by atoms with Gasteiger partial charge in [-0.15, -0.1) is 24.8 Å². The first-order chi connectivity index (χ1) is 46.1. The predicted molar refractivity (Wildman–Crippen MR) is 359 cm³/mol. The highest BCUT2D eigenvalue weighted by Crippen LogP contribution is 2.39. The smallest absolute Gasteiger partial charge is 0.434 e. The molecule has 0 saturated carbocycles. The van der Waals surface area contributed by atoms with E-state index in [2.05, 4.69) is 56.0 Å². The molecular formula is C67H68Cl3F9N16O5. The molecule has 8 heterocycles. The van der Waals surface area contributed by atoms with Gasteiger partial charge in [0.15, 0.2) is 34.1 Å². The van der Waals surface area contributed by atoms with Crippen LogP contribution >= 0.6 is 36.4 Å². The Morgan fingerprint density at radius 3 is 1.04 bits per heavy atom. The number of amides is 3. The first kappa shape index (κ1) is 79.2. The van der Waals surface area contributed by atoms with Gasteiger partial charge in [-0.25, -0.2) is 39.3 Å². The Morgan fingerprint density at radius 2 is 0.780 bits per heavy atom. The van der Waals surface area contributed by atoms with Crippen molar-refractivity contribution in [2.75, 3.05) is 52.4 Å². The number of nitrogens with two attached hydrogens (primary N) is 1. The Hall–Kier alpha value is -9.77. The average Bonchev–Trinajstić information content (AvgIpc) is 1.59. The van der Waals surface area contributed by atoms with Crippen LogP contribution in [-0.4, -0.2) is 134 Å². The molecule has 4 aromatic carbocycles. The van der Waals surface area contributed by atoms with Crippen molar-refractivity contribution in [1.29, 1.82) is 0 Å². The van der Waals surface area contributed by atoms with Crippen molar-refractivity contribution in [1.82, 2.24) is 58.2 Å². The van der Waals surface area contributed by atoms with Crippen molar-refractivity contribution in [3.8, 4) is 45.6 Å². The maximum Gasteiger partial charge on any atom is 0.434 e. The Bertz CT molecular complexity index is 4270. The van der Waals surface area contributed by atoms with Gasteiger partial charge in [0.25, 0.3) is 0 Å². The van der Waals surface area contributed by atoms with Crippen molar-refractivity contribution >= 4 is 76.6 Å². The number of nitrogens with one attached hydrogen (secondary N) is 1. The summed E-state index contributed by atoms with van der Waals surface area (Å²) in [5.74, 6) is 1.61. The number of carbonyl (C=O) groups is 4. The van der Waals surface area contributed by atoms with E-state index in [9.17, 15) is 58.7 Å². The molecule has 0 spiro atoms. The van der Waals surface area contributed by atoms with Crippen LogP contribution in [0.1, 0.15) is 94.0 Å². The van der Waals surface area contributed by atoms with Crippen LogP contribution in [-0.2, 0) is 44.2 Å². The number of aryl methyl sites for hydroxylation is 1. The Labute approximate surface area is 587 Å². The number of nitrogens with zero attached hydrogens (tertiary/aromatic N) is 14. The van der Waals surface area contributed by atoms with E-state index in [1.165, 1.54) is 40.0 Å². The standard InChI is InChI=1S/C19H19F3N4O2.C16H17F3N4O.C16H16N4O.C14H11F3N4.C2H3ClO.2ClH/c1-18(2,3)28-17(27)25-9-14(10-25)26-11-15(19(20,21)22)24-16(26)12-5-7-13(23-4)8-6-12;1-10(24)22-7-13(8-22)23-9-14(16(17,18)19)21-15(23)12-4-2-11(6-20)3-5-12;1-11-8-20(15-9-19(10-15)12(2)21)16(18-11)13-4-6-14(17-3)7-5-13;1-18-10-4-2-9(3-5-10)13-20-12(14(15,16)17)8-21(13)11-6-19-7-11;1-2(3)4;;/h5-8,11,14H,9-10H2,1-3H3;2-5,9,13H,6-8,20H2,1H3;4-8,15H,9-10H2,1-2H3;2-5,8,11,19H,6-7H2;1H3;2*1H.